The normalized spacial score (nSPS) is 23.4. The third-order valence-corrected chi connectivity index (χ3v) is 5.04. The average molecular weight is 309 g/mol. The Bertz CT molecular complexity index is 389. The van der Waals surface area contributed by atoms with Crippen molar-refractivity contribution in [2.45, 2.75) is 52.0 Å². The van der Waals surface area contributed by atoms with Crippen LogP contribution in [0.1, 0.15) is 46.0 Å². The van der Waals surface area contributed by atoms with E-state index in [1.54, 1.807) is 0 Å². The van der Waals surface area contributed by atoms with Gasteiger partial charge >= 0.3 is 0 Å². The minimum atomic E-state index is -0.205. The second-order valence-corrected chi connectivity index (χ2v) is 7.01. The Morgan fingerprint density at radius 2 is 1.82 bits per heavy atom. The molecule has 5 heteroatoms. The minimum Gasteiger partial charge on any atom is -0.341 e. The highest BCUT2D eigenvalue weighted by Crippen LogP contribution is 2.25. The number of likely N-dealkylation sites (tertiary alicyclic amines) is 2. The maximum atomic E-state index is 12.8. The molecular formula is C17H31N3O2. The quantitative estimate of drug-likeness (QED) is 0.837. The van der Waals surface area contributed by atoms with Crippen molar-refractivity contribution >= 4 is 11.8 Å². The predicted octanol–water partition coefficient (Wildman–Crippen LogP) is 1.48. The van der Waals surface area contributed by atoms with Crippen LogP contribution in [0.4, 0.5) is 0 Å². The molecule has 2 rings (SSSR count). The van der Waals surface area contributed by atoms with E-state index in [0.717, 1.165) is 57.8 Å². The fraction of sp³-hybridized carbons (Fsp3) is 0.882. The molecule has 0 aliphatic carbocycles. The zero-order valence-electron chi connectivity index (χ0n) is 14.3. The topological polar surface area (TPSA) is 52.7 Å². The monoisotopic (exact) mass is 309 g/mol. The van der Waals surface area contributed by atoms with Gasteiger partial charge in [0.05, 0.1) is 0 Å². The minimum absolute atomic E-state index is 0.0271. The highest BCUT2D eigenvalue weighted by molar-refractivity contribution is 5.89. The van der Waals surface area contributed by atoms with Crippen LogP contribution in [0.25, 0.3) is 0 Å². The van der Waals surface area contributed by atoms with Crippen LogP contribution in [0, 0.1) is 11.8 Å². The van der Waals surface area contributed by atoms with Gasteiger partial charge in [0.15, 0.2) is 0 Å². The molecule has 126 valence electrons. The van der Waals surface area contributed by atoms with Crippen molar-refractivity contribution < 1.29 is 9.59 Å². The molecule has 1 N–H and O–H groups in total. The van der Waals surface area contributed by atoms with Crippen molar-refractivity contribution in [2.75, 3.05) is 33.2 Å². The van der Waals surface area contributed by atoms with Crippen LogP contribution in [0.5, 0.6) is 0 Å². The van der Waals surface area contributed by atoms with Gasteiger partial charge in [0.2, 0.25) is 11.8 Å². The van der Waals surface area contributed by atoms with E-state index in [1.165, 1.54) is 6.42 Å². The molecule has 2 heterocycles. The maximum absolute atomic E-state index is 12.8. The van der Waals surface area contributed by atoms with Gasteiger partial charge in [0.25, 0.3) is 0 Å². The second kappa shape index (κ2) is 7.95. The molecule has 2 saturated heterocycles. The van der Waals surface area contributed by atoms with Crippen molar-refractivity contribution in [3.05, 3.63) is 0 Å². The highest BCUT2D eigenvalue weighted by Gasteiger charge is 2.37. The van der Waals surface area contributed by atoms with E-state index in [1.807, 2.05) is 30.7 Å². The number of carbonyl (C=O) groups is 2. The second-order valence-electron chi connectivity index (χ2n) is 7.01. The van der Waals surface area contributed by atoms with Gasteiger partial charge in [0, 0.05) is 25.6 Å². The lowest BCUT2D eigenvalue weighted by Gasteiger charge is -2.36. The molecule has 5 nitrogen and oxygen atoms in total. The van der Waals surface area contributed by atoms with Crippen molar-refractivity contribution in [1.82, 2.24) is 15.1 Å². The van der Waals surface area contributed by atoms with Crippen LogP contribution in [0.3, 0.4) is 0 Å². The molecule has 0 aromatic rings. The summed E-state index contributed by atoms with van der Waals surface area (Å²) < 4.78 is 0. The zero-order valence-corrected chi connectivity index (χ0v) is 14.3. The molecule has 2 amide bonds. The van der Waals surface area contributed by atoms with Gasteiger partial charge in [-0.2, -0.15) is 0 Å². The Labute approximate surface area is 134 Å². The van der Waals surface area contributed by atoms with Crippen LogP contribution in [-0.2, 0) is 9.59 Å². The summed E-state index contributed by atoms with van der Waals surface area (Å²) >= 11 is 0. The lowest BCUT2D eigenvalue weighted by Crippen LogP contribution is -2.50. The first-order valence-corrected chi connectivity index (χ1v) is 8.78. The molecule has 22 heavy (non-hydrogen) atoms. The fourth-order valence-corrected chi connectivity index (χ4v) is 3.62. The summed E-state index contributed by atoms with van der Waals surface area (Å²) in [6.07, 6.45) is 5.17. The summed E-state index contributed by atoms with van der Waals surface area (Å²) in [6, 6.07) is -0.205. The first kappa shape index (κ1) is 17.3. The number of rotatable bonds is 5. The molecule has 0 aromatic heterocycles. The molecule has 0 spiro atoms. The number of amides is 2. The lowest BCUT2D eigenvalue weighted by molar-refractivity contribution is -0.146. The molecule has 0 aromatic carbocycles. The van der Waals surface area contributed by atoms with Crippen LogP contribution >= 0.6 is 0 Å². The van der Waals surface area contributed by atoms with Gasteiger partial charge in [-0.25, -0.2) is 0 Å². The smallest absolute Gasteiger partial charge is 0.245 e. The number of hydrogen-bond donors (Lipinski definition) is 1. The standard InChI is InChI=1S/C17H31N3O2/c1-13(2)16(21)20-10-4-5-15(20)17(22)19-11-7-14(8-12-19)6-9-18-3/h13-15,18H,4-12H2,1-3H3. The summed E-state index contributed by atoms with van der Waals surface area (Å²) in [5.41, 5.74) is 0. The average Bonchev–Trinajstić information content (AvgIpc) is 3.01. The first-order chi connectivity index (χ1) is 10.5. The Kier molecular flexibility index (Phi) is 6.24. The lowest BCUT2D eigenvalue weighted by atomic mass is 9.93. The molecule has 0 bridgehead atoms. The van der Waals surface area contributed by atoms with Gasteiger partial charge in [0.1, 0.15) is 6.04 Å². The maximum Gasteiger partial charge on any atom is 0.245 e. The van der Waals surface area contributed by atoms with E-state index in [-0.39, 0.29) is 23.8 Å². The summed E-state index contributed by atoms with van der Waals surface area (Å²) in [4.78, 5) is 28.9. The number of nitrogens with zero attached hydrogens (tertiary/aromatic N) is 2. The van der Waals surface area contributed by atoms with E-state index in [9.17, 15) is 9.59 Å². The predicted molar refractivity (Wildman–Crippen MR) is 87.4 cm³/mol. The SMILES string of the molecule is CNCCC1CCN(C(=O)C2CCCN2C(=O)C(C)C)CC1. The van der Waals surface area contributed by atoms with E-state index in [2.05, 4.69) is 5.32 Å². The van der Waals surface area contributed by atoms with Crippen LogP contribution in [0.2, 0.25) is 0 Å². The van der Waals surface area contributed by atoms with E-state index in [0.29, 0.717) is 0 Å². The molecule has 1 unspecified atom stereocenters. The van der Waals surface area contributed by atoms with E-state index < -0.39 is 0 Å². The van der Waals surface area contributed by atoms with Crippen molar-refractivity contribution in [1.29, 1.82) is 0 Å². The number of hydrogen-bond acceptors (Lipinski definition) is 3. The molecule has 0 radical (unpaired) electrons. The van der Waals surface area contributed by atoms with Crippen LogP contribution in [-0.4, -0.2) is 60.9 Å². The first-order valence-electron chi connectivity index (χ1n) is 8.78. The number of nitrogens with one attached hydrogen (secondary N) is 1. The zero-order chi connectivity index (χ0) is 16.1. The number of piperidine rings is 1. The molecular weight excluding hydrogens is 278 g/mol. The fourth-order valence-electron chi connectivity index (χ4n) is 3.62. The molecule has 1 atom stereocenters. The van der Waals surface area contributed by atoms with Crippen LogP contribution in [0.15, 0.2) is 0 Å². The number of carbonyl (C=O) groups excluding carboxylic acids is 2. The summed E-state index contributed by atoms with van der Waals surface area (Å²) in [5.74, 6) is 1.01. The van der Waals surface area contributed by atoms with Crippen molar-refractivity contribution in [3.8, 4) is 0 Å². The highest BCUT2D eigenvalue weighted by atomic mass is 16.2. The van der Waals surface area contributed by atoms with Gasteiger partial charge in [-0.05, 0) is 51.6 Å². The van der Waals surface area contributed by atoms with Crippen molar-refractivity contribution in [2.24, 2.45) is 11.8 Å². The van der Waals surface area contributed by atoms with Gasteiger partial charge in [-0.15, -0.1) is 0 Å². The summed E-state index contributed by atoms with van der Waals surface area (Å²) in [6.45, 7) is 7.33. The Morgan fingerprint density at radius 1 is 1.14 bits per heavy atom. The van der Waals surface area contributed by atoms with Gasteiger partial charge < -0.3 is 15.1 Å². The Morgan fingerprint density at radius 3 is 2.41 bits per heavy atom. The third kappa shape index (κ3) is 4.00. The van der Waals surface area contributed by atoms with Crippen molar-refractivity contribution in [3.63, 3.8) is 0 Å². The van der Waals surface area contributed by atoms with E-state index in [4.69, 9.17) is 0 Å². The molecule has 2 aliphatic heterocycles. The molecule has 0 saturated carbocycles. The Hall–Kier alpha value is -1.10. The van der Waals surface area contributed by atoms with Gasteiger partial charge in [-0.1, -0.05) is 13.8 Å². The summed E-state index contributed by atoms with van der Waals surface area (Å²) in [5, 5.41) is 3.20. The van der Waals surface area contributed by atoms with E-state index >= 15 is 0 Å². The third-order valence-electron chi connectivity index (χ3n) is 5.04. The largest absolute Gasteiger partial charge is 0.341 e. The van der Waals surface area contributed by atoms with Gasteiger partial charge in [-0.3, -0.25) is 9.59 Å². The molecule has 2 fully saturated rings. The molecule has 2 aliphatic rings. The Balaban J connectivity index is 1.88. The van der Waals surface area contributed by atoms with Crippen LogP contribution < -0.4 is 5.32 Å². The summed E-state index contributed by atoms with van der Waals surface area (Å²) in [7, 11) is 1.99.